The van der Waals surface area contributed by atoms with Crippen LogP contribution in [0.1, 0.15) is 18.4 Å². The third-order valence-electron chi connectivity index (χ3n) is 3.46. The first-order valence-corrected chi connectivity index (χ1v) is 5.36. The van der Waals surface area contributed by atoms with Crippen LogP contribution >= 0.6 is 0 Å². The lowest BCUT2D eigenvalue weighted by molar-refractivity contribution is 0.453. The molecule has 1 aromatic rings. The summed E-state index contributed by atoms with van der Waals surface area (Å²) in [5, 5.41) is 3.25. The van der Waals surface area contributed by atoms with E-state index in [2.05, 4.69) is 5.32 Å². The lowest BCUT2D eigenvalue weighted by Gasteiger charge is -2.25. The topological polar surface area (TPSA) is 38.0 Å². The number of hydrogen-bond acceptors (Lipinski definition) is 2. The average Bonchev–Trinajstić information content (AvgIpc) is 3.02. The number of nitrogens with two attached hydrogens (primary N) is 1. The van der Waals surface area contributed by atoms with E-state index in [1.807, 2.05) is 19.2 Å². The van der Waals surface area contributed by atoms with Gasteiger partial charge in [-0.1, -0.05) is 12.1 Å². The summed E-state index contributed by atoms with van der Waals surface area (Å²) in [4.78, 5) is 0. The molecule has 0 bridgehead atoms. The van der Waals surface area contributed by atoms with Crippen molar-refractivity contribution in [3.8, 4) is 0 Å². The summed E-state index contributed by atoms with van der Waals surface area (Å²) in [6.07, 6.45) is 2.28. The summed E-state index contributed by atoms with van der Waals surface area (Å²) in [6, 6.07) is 7.10. The minimum atomic E-state index is -0.177. The van der Waals surface area contributed by atoms with Crippen molar-refractivity contribution in [1.29, 1.82) is 0 Å². The molecule has 3 N–H and O–H groups in total. The van der Waals surface area contributed by atoms with Crippen LogP contribution < -0.4 is 11.1 Å². The maximum atomic E-state index is 12.8. The van der Waals surface area contributed by atoms with Crippen LogP contribution in [-0.2, 0) is 5.41 Å². The number of halogens is 1. The molecule has 0 amide bonds. The van der Waals surface area contributed by atoms with E-state index < -0.39 is 0 Å². The Morgan fingerprint density at radius 2 is 2.00 bits per heavy atom. The standard InChI is InChI=1S/C12H17FN2/c1-15-11(8-14)12(6-7-12)9-2-4-10(13)5-3-9/h2-5,11,15H,6-8,14H2,1H3. The summed E-state index contributed by atoms with van der Waals surface area (Å²) in [7, 11) is 1.93. The molecule has 0 spiro atoms. The molecule has 82 valence electrons. The van der Waals surface area contributed by atoms with Crippen LogP contribution in [0.3, 0.4) is 0 Å². The highest BCUT2D eigenvalue weighted by molar-refractivity contribution is 5.34. The van der Waals surface area contributed by atoms with Gasteiger partial charge in [0.2, 0.25) is 0 Å². The zero-order valence-electron chi connectivity index (χ0n) is 8.96. The second-order valence-corrected chi connectivity index (χ2v) is 4.24. The molecule has 0 aliphatic heterocycles. The van der Waals surface area contributed by atoms with Crippen molar-refractivity contribution < 1.29 is 4.39 Å². The predicted molar refractivity (Wildman–Crippen MR) is 59.2 cm³/mol. The molecular formula is C12H17FN2. The van der Waals surface area contributed by atoms with Gasteiger partial charge in [-0.2, -0.15) is 0 Å². The van der Waals surface area contributed by atoms with Crippen LogP contribution in [0.2, 0.25) is 0 Å². The first-order valence-electron chi connectivity index (χ1n) is 5.36. The van der Waals surface area contributed by atoms with Crippen LogP contribution in [0.15, 0.2) is 24.3 Å². The second kappa shape index (κ2) is 3.91. The molecule has 3 heteroatoms. The van der Waals surface area contributed by atoms with Crippen molar-refractivity contribution in [1.82, 2.24) is 5.32 Å². The number of rotatable bonds is 4. The van der Waals surface area contributed by atoms with E-state index >= 15 is 0 Å². The molecule has 0 radical (unpaired) electrons. The van der Waals surface area contributed by atoms with E-state index in [0.717, 1.165) is 12.8 Å². The maximum absolute atomic E-state index is 12.8. The van der Waals surface area contributed by atoms with Crippen LogP contribution in [0.5, 0.6) is 0 Å². The van der Waals surface area contributed by atoms with E-state index in [1.165, 1.54) is 17.7 Å². The minimum absolute atomic E-state index is 0.150. The van der Waals surface area contributed by atoms with Gasteiger partial charge in [-0.3, -0.25) is 0 Å². The third kappa shape index (κ3) is 1.77. The van der Waals surface area contributed by atoms with Gasteiger partial charge in [0, 0.05) is 18.0 Å². The number of nitrogens with one attached hydrogen (secondary N) is 1. The van der Waals surface area contributed by atoms with Crippen molar-refractivity contribution in [2.24, 2.45) is 5.73 Å². The van der Waals surface area contributed by atoms with Gasteiger partial charge >= 0.3 is 0 Å². The van der Waals surface area contributed by atoms with Gasteiger partial charge in [-0.25, -0.2) is 4.39 Å². The largest absolute Gasteiger partial charge is 0.329 e. The van der Waals surface area contributed by atoms with Crippen LogP contribution in [0.25, 0.3) is 0 Å². The monoisotopic (exact) mass is 208 g/mol. The van der Waals surface area contributed by atoms with E-state index in [-0.39, 0.29) is 11.2 Å². The Morgan fingerprint density at radius 1 is 1.40 bits per heavy atom. The van der Waals surface area contributed by atoms with Gasteiger partial charge < -0.3 is 11.1 Å². The van der Waals surface area contributed by atoms with Crippen molar-refractivity contribution in [2.75, 3.05) is 13.6 Å². The molecular weight excluding hydrogens is 191 g/mol. The summed E-state index contributed by atoms with van der Waals surface area (Å²) in [6.45, 7) is 0.619. The number of hydrogen-bond donors (Lipinski definition) is 2. The number of benzene rings is 1. The van der Waals surface area contributed by atoms with Crippen molar-refractivity contribution >= 4 is 0 Å². The molecule has 1 aromatic carbocycles. The Balaban J connectivity index is 2.25. The second-order valence-electron chi connectivity index (χ2n) is 4.24. The highest BCUT2D eigenvalue weighted by atomic mass is 19.1. The van der Waals surface area contributed by atoms with Crippen molar-refractivity contribution in [2.45, 2.75) is 24.3 Å². The molecule has 1 aliphatic rings. The molecule has 2 nitrogen and oxygen atoms in total. The van der Waals surface area contributed by atoms with Crippen molar-refractivity contribution in [3.63, 3.8) is 0 Å². The molecule has 0 saturated heterocycles. The summed E-state index contributed by atoms with van der Waals surface area (Å²) in [5.41, 5.74) is 7.09. The van der Waals surface area contributed by atoms with Crippen LogP contribution in [0.4, 0.5) is 4.39 Å². The zero-order valence-corrected chi connectivity index (χ0v) is 8.96. The Morgan fingerprint density at radius 3 is 2.40 bits per heavy atom. The average molecular weight is 208 g/mol. The van der Waals surface area contributed by atoms with Gasteiger partial charge in [0.1, 0.15) is 5.82 Å². The smallest absolute Gasteiger partial charge is 0.123 e. The molecule has 2 rings (SSSR count). The fourth-order valence-corrected chi connectivity index (χ4v) is 2.37. The quantitative estimate of drug-likeness (QED) is 0.785. The normalized spacial score (nSPS) is 19.9. The Bertz CT molecular complexity index is 326. The molecule has 1 atom stereocenters. The maximum Gasteiger partial charge on any atom is 0.123 e. The van der Waals surface area contributed by atoms with Gasteiger partial charge in [0.05, 0.1) is 0 Å². The van der Waals surface area contributed by atoms with E-state index in [1.54, 1.807) is 0 Å². The van der Waals surface area contributed by atoms with Gasteiger partial charge in [0.25, 0.3) is 0 Å². The van der Waals surface area contributed by atoms with Crippen LogP contribution in [0, 0.1) is 5.82 Å². The lowest BCUT2D eigenvalue weighted by atomic mass is 9.88. The van der Waals surface area contributed by atoms with Gasteiger partial charge in [-0.15, -0.1) is 0 Å². The Hall–Kier alpha value is -0.930. The van der Waals surface area contributed by atoms with E-state index in [4.69, 9.17) is 5.73 Å². The first kappa shape index (κ1) is 10.6. The first-order chi connectivity index (χ1) is 7.23. The fourth-order valence-electron chi connectivity index (χ4n) is 2.37. The fraction of sp³-hybridized carbons (Fsp3) is 0.500. The van der Waals surface area contributed by atoms with Crippen molar-refractivity contribution in [3.05, 3.63) is 35.6 Å². The SMILES string of the molecule is CNC(CN)C1(c2ccc(F)cc2)CC1. The molecule has 0 heterocycles. The molecule has 0 aromatic heterocycles. The van der Waals surface area contributed by atoms with E-state index in [0.29, 0.717) is 12.6 Å². The predicted octanol–water partition coefficient (Wildman–Crippen LogP) is 1.40. The highest BCUT2D eigenvalue weighted by Crippen LogP contribution is 2.50. The highest BCUT2D eigenvalue weighted by Gasteiger charge is 2.49. The molecule has 1 saturated carbocycles. The van der Waals surface area contributed by atoms with Gasteiger partial charge in [0.15, 0.2) is 0 Å². The molecule has 15 heavy (non-hydrogen) atoms. The lowest BCUT2D eigenvalue weighted by Crippen LogP contribution is -2.43. The van der Waals surface area contributed by atoms with Crippen LogP contribution in [-0.4, -0.2) is 19.6 Å². The Kier molecular flexibility index (Phi) is 2.76. The zero-order chi connectivity index (χ0) is 10.9. The van der Waals surface area contributed by atoms with E-state index in [9.17, 15) is 4.39 Å². The summed E-state index contributed by atoms with van der Waals surface area (Å²) >= 11 is 0. The van der Waals surface area contributed by atoms with Gasteiger partial charge in [-0.05, 0) is 37.6 Å². The molecule has 1 aliphatic carbocycles. The summed E-state index contributed by atoms with van der Waals surface area (Å²) in [5.74, 6) is -0.177. The molecule has 1 unspecified atom stereocenters. The third-order valence-corrected chi connectivity index (χ3v) is 3.46. The summed E-state index contributed by atoms with van der Waals surface area (Å²) < 4.78 is 12.8. The number of likely N-dealkylation sites (N-methyl/N-ethyl adjacent to an activating group) is 1. The Labute approximate surface area is 89.7 Å². The molecule has 1 fully saturated rings. The minimum Gasteiger partial charge on any atom is -0.329 e.